The number of esters is 1. The molecule has 0 aliphatic rings. The molecule has 0 rings (SSSR count). The molecule has 0 aliphatic heterocycles. The molecule has 0 radical (unpaired) electrons. The maximum atomic E-state index is 12.8. The minimum Gasteiger partial charge on any atom is -0.481 e. The molecule has 6 heteroatoms. The first-order valence-corrected chi connectivity index (χ1v) is 3.90. The third-order valence-corrected chi connectivity index (χ3v) is 1.36. The van der Waals surface area contributed by atoms with Crippen LogP contribution in [0.3, 0.4) is 0 Å². The predicted molar refractivity (Wildman–Crippen MR) is 47.4 cm³/mol. The number of ether oxygens (including phenoxy) is 1. The third kappa shape index (κ3) is 4.61. The molecule has 78 valence electrons. The zero-order valence-corrected chi connectivity index (χ0v) is 7.88. The van der Waals surface area contributed by atoms with Crippen LogP contribution in [0.1, 0.15) is 6.42 Å². The van der Waals surface area contributed by atoms with E-state index in [1.165, 1.54) is 6.08 Å². The average Bonchev–Trinajstić information content (AvgIpc) is 2.11. The number of carboxylic acids is 1. The number of rotatable bonds is 5. The van der Waals surface area contributed by atoms with Gasteiger partial charge in [-0.2, -0.15) is 4.39 Å². The van der Waals surface area contributed by atoms with Crippen LogP contribution in [0, 0.1) is 0 Å². The summed E-state index contributed by atoms with van der Waals surface area (Å²) < 4.78 is 17.1. The summed E-state index contributed by atoms with van der Waals surface area (Å²) in [4.78, 5) is 20.8. The average molecular weight is 223 g/mol. The smallest absolute Gasteiger partial charge is 0.368 e. The van der Waals surface area contributed by atoms with Crippen LogP contribution in [-0.2, 0) is 14.3 Å². The van der Waals surface area contributed by atoms with Crippen LogP contribution in [-0.4, -0.2) is 23.7 Å². The maximum Gasteiger partial charge on any atom is 0.368 e. The van der Waals surface area contributed by atoms with E-state index in [2.05, 4.69) is 11.3 Å². The Morgan fingerprint density at radius 1 is 1.57 bits per heavy atom. The van der Waals surface area contributed by atoms with Gasteiger partial charge in [-0.25, -0.2) is 4.79 Å². The molecule has 0 heterocycles. The number of carboxylic acid groups (broad SMARTS) is 1. The van der Waals surface area contributed by atoms with E-state index in [1.54, 1.807) is 0 Å². The first-order chi connectivity index (χ1) is 6.49. The second-order valence-corrected chi connectivity index (χ2v) is 2.63. The number of hydrogen-bond acceptors (Lipinski definition) is 3. The van der Waals surface area contributed by atoms with Crippen molar-refractivity contribution in [3.8, 4) is 0 Å². The van der Waals surface area contributed by atoms with E-state index in [0.29, 0.717) is 0 Å². The van der Waals surface area contributed by atoms with Gasteiger partial charge in [-0.15, -0.1) is 0 Å². The third-order valence-electron chi connectivity index (χ3n) is 1.06. The van der Waals surface area contributed by atoms with E-state index in [-0.39, 0.29) is 6.61 Å². The fraction of sp³-hybridized carbons (Fsp3) is 0.250. The minimum atomic E-state index is -1.39. The van der Waals surface area contributed by atoms with Crippen LogP contribution < -0.4 is 0 Å². The Hall–Kier alpha value is -1.36. The second kappa shape index (κ2) is 6.15. The molecule has 0 aliphatic carbocycles. The molecule has 4 nitrogen and oxygen atoms in total. The fourth-order valence-corrected chi connectivity index (χ4v) is 0.711. The van der Waals surface area contributed by atoms with Crippen LogP contribution >= 0.6 is 11.6 Å². The molecule has 0 aromatic carbocycles. The van der Waals surface area contributed by atoms with Crippen molar-refractivity contribution in [2.45, 2.75) is 6.42 Å². The Balaban J connectivity index is 4.39. The fourth-order valence-electron chi connectivity index (χ4n) is 0.519. The molecule has 0 atom stereocenters. The van der Waals surface area contributed by atoms with E-state index in [4.69, 9.17) is 16.7 Å². The molecule has 0 fully saturated rings. The van der Waals surface area contributed by atoms with Gasteiger partial charge < -0.3 is 9.84 Å². The molecule has 0 saturated heterocycles. The highest BCUT2D eigenvalue weighted by atomic mass is 35.5. The summed E-state index contributed by atoms with van der Waals surface area (Å²) in [6, 6.07) is 0. The van der Waals surface area contributed by atoms with Crippen LogP contribution in [0.5, 0.6) is 0 Å². The lowest BCUT2D eigenvalue weighted by atomic mass is 10.3. The van der Waals surface area contributed by atoms with Crippen LogP contribution in [0.2, 0.25) is 0 Å². The van der Waals surface area contributed by atoms with Crippen molar-refractivity contribution in [1.82, 2.24) is 0 Å². The van der Waals surface area contributed by atoms with E-state index in [9.17, 15) is 14.0 Å². The lowest BCUT2D eigenvalue weighted by Gasteiger charge is -2.00. The van der Waals surface area contributed by atoms with Gasteiger partial charge in [-0.05, 0) is 0 Å². The minimum absolute atomic E-state index is 0.163. The largest absolute Gasteiger partial charge is 0.481 e. The van der Waals surface area contributed by atoms with Crippen molar-refractivity contribution in [2.24, 2.45) is 0 Å². The number of hydrogen-bond donors (Lipinski definition) is 1. The van der Waals surface area contributed by atoms with Crippen molar-refractivity contribution >= 4 is 23.5 Å². The molecule has 14 heavy (non-hydrogen) atoms. The highest BCUT2D eigenvalue weighted by Crippen LogP contribution is 2.16. The summed E-state index contributed by atoms with van der Waals surface area (Å²) in [5.41, 5.74) is 0. The van der Waals surface area contributed by atoms with Crippen molar-refractivity contribution in [3.63, 3.8) is 0 Å². The van der Waals surface area contributed by atoms with Crippen molar-refractivity contribution in [1.29, 1.82) is 0 Å². The topological polar surface area (TPSA) is 63.6 Å². The summed E-state index contributed by atoms with van der Waals surface area (Å²) in [5.74, 6) is -4.02. The highest BCUT2D eigenvalue weighted by molar-refractivity contribution is 6.32. The monoisotopic (exact) mass is 222 g/mol. The summed E-state index contributed by atoms with van der Waals surface area (Å²) in [6.07, 6.45) is 0.493. The summed E-state index contributed by atoms with van der Waals surface area (Å²) >= 11 is 5.20. The van der Waals surface area contributed by atoms with Gasteiger partial charge in [0, 0.05) is 0 Å². The van der Waals surface area contributed by atoms with E-state index >= 15 is 0 Å². The van der Waals surface area contributed by atoms with Crippen LogP contribution in [0.25, 0.3) is 0 Å². The normalized spacial score (nSPS) is 11.6. The van der Waals surface area contributed by atoms with Crippen LogP contribution in [0.15, 0.2) is 23.5 Å². The van der Waals surface area contributed by atoms with Gasteiger partial charge in [-0.1, -0.05) is 24.3 Å². The van der Waals surface area contributed by atoms with Crippen molar-refractivity contribution in [2.75, 3.05) is 6.61 Å². The molecule has 0 saturated carbocycles. The number of aliphatic carboxylic acids is 1. The Morgan fingerprint density at radius 2 is 2.14 bits per heavy atom. The lowest BCUT2D eigenvalue weighted by Crippen LogP contribution is -2.07. The Kier molecular flexibility index (Phi) is 5.55. The molecule has 0 amide bonds. The van der Waals surface area contributed by atoms with E-state index in [1.807, 2.05) is 0 Å². The zero-order valence-electron chi connectivity index (χ0n) is 7.13. The van der Waals surface area contributed by atoms with E-state index < -0.39 is 29.2 Å². The predicted octanol–water partition coefficient (Wildman–Crippen LogP) is 1.61. The van der Waals surface area contributed by atoms with Crippen molar-refractivity contribution in [3.05, 3.63) is 23.5 Å². The molecule has 0 aromatic heterocycles. The summed E-state index contributed by atoms with van der Waals surface area (Å²) in [6.45, 7) is 3.08. The molecule has 0 unspecified atom stereocenters. The molecular weight excluding hydrogens is 215 g/mol. The van der Waals surface area contributed by atoms with Gasteiger partial charge in [0.1, 0.15) is 6.61 Å². The van der Waals surface area contributed by atoms with Gasteiger partial charge in [0.05, 0.1) is 11.5 Å². The number of halogens is 2. The van der Waals surface area contributed by atoms with Gasteiger partial charge in [-0.3, -0.25) is 4.79 Å². The second-order valence-electron chi connectivity index (χ2n) is 2.18. The van der Waals surface area contributed by atoms with Gasteiger partial charge in [0.15, 0.2) is 0 Å². The zero-order chi connectivity index (χ0) is 11.1. The standard InChI is InChI=1S/C8H8ClFO4/c1-2-3-14-8(13)7(10)5(9)4-6(11)12/h2H,1,3-4H2,(H,11,12). The SMILES string of the molecule is C=CCOC(=O)C(F)=C(Cl)CC(=O)O. The molecule has 0 bridgehead atoms. The Morgan fingerprint density at radius 3 is 2.57 bits per heavy atom. The van der Waals surface area contributed by atoms with Crippen LogP contribution in [0.4, 0.5) is 4.39 Å². The summed E-state index contributed by atoms with van der Waals surface area (Å²) in [5, 5.41) is 7.55. The maximum absolute atomic E-state index is 12.8. The molecule has 0 spiro atoms. The first kappa shape index (κ1) is 12.6. The summed E-state index contributed by atoms with van der Waals surface area (Å²) in [7, 11) is 0. The molecular formula is C8H8ClFO4. The number of carbonyl (C=O) groups is 2. The van der Waals surface area contributed by atoms with Crippen molar-refractivity contribution < 1.29 is 23.8 Å². The van der Waals surface area contributed by atoms with E-state index in [0.717, 1.165) is 0 Å². The van der Waals surface area contributed by atoms with Gasteiger partial charge in [0.25, 0.3) is 0 Å². The quantitative estimate of drug-likeness (QED) is 0.436. The van der Waals surface area contributed by atoms with Gasteiger partial charge >= 0.3 is 11.9 Å². The Labute approximate surface area is 84.6 Å². The number of carbonyl (C=O) groups excluding carboxylic acids is 1. The first-order valence-electron chi connectivity index (χ1n) is 3.53. The van der Waals surface area contributed by atoms with Gasteiger partial charge in [0.2, 0.25) is 5.83 Å². The molecule has 1 N–H and O–H groups in total. The molecule has 0 aromatic rings. The lowest BCUT2D eigenvalue weighted by molar-refractivity contribution is -0.139. The highest BCUT2D eigenvalue weighted by Gasteiger charge is 2.17. The Bertz CT molecular complexity index is 285.